The van der Waals surface area contributed by atoms with E-state index in [0.29, 0.717) is 12.8 Å². The molecule has 124 valence electrons. The van der Waals surface area contributed by atoms with Crippen LogP contribution in [0.1, 0.15) is 26.7 Å². The molecule has 2 saturated heterocycles. The third-order valence-electron chi connectivity index (χ3n) is 5.11. The minimum Gasteiger partial charge on any atom is -0.472 e. The molecule has 0 aromatic carbocycles. The van der Waals surface area contributed by atoms with Crippen LogP contribution in [0.3, 0.4) is 0 Å². The fourth-order valence-electron chi connectivity index (χ4n) is 3.81. The Kier molecular flexibility index (Phi) is 3.78. The highest BCUT2D eigenvalue weighted by Crippen LogP contribution is 2.50. The number of amides is 1. The van der Waals surface area contributed by atoms with Crippen molar-refractivity contribution in [2.75, 3.05) is 13.7 Å². The van der Waals surface area contributed by atoms with Crippen molar-refractivity contribution < 1.29 is 23.9 Å². The van der Waals surface area contributed by atoms with Gasteiger partial charge >= 0.3 is 5.97 Å². The summed E-state index contributed by atoms with van der Waals surface area (Å²) in [5.74, 6) is -2.53. The number of esters is 1. The third-order valence-corrected chi connectivity index (χ3v) is 5.11. The average Bonchev–Trinajstić information content (AvgIpc) is 2.53. The van der Waals surface area contributed by atoms with Gasteiger partial charge in [0.05, 0.1) is 6.61 Å². The fraction of sp³-hybridized carbons (Fsp3) is 0.588. The lowest BCUT2D eigenvalue weighted by Gasteiger charge is -2.54. The zero-order valence-corrected chi connectivity index (χ0v) is 13.6. The van der Waals surface area contributed by atoms with Gasteiger partial charge in [-0.15, -0.1) is 0 Å². The number of hydrogen-bond donors (Lipinski definition) is 0. The first kappa shape index (κ1) is 15.8. The Morgan fingerprint density at radius 3 is 2.91 bits per heavy atom. The predicted molar refractivity (Wildman–Crippen MR) is 80.8 cm³/mol. The molecule has 4 atom stereocenters. The summed E-state index contributed by atoms with van der Waals surface area (Å²) < 4.78 is 10.9. The van der Waals surface area contributed by atoms with Crippen molar-refractivity contribution in [1.82, 2.24) is 4.90 Å². The Morgan fingerprint density at radius 1 is 1.48 bits per heavy atom. The Hall–Kier alpha value is -2.11. The van der Waals surface area contributed by atoms with Crippen LogP contribution in [0.4, 0.5) is 0 Å². The van der Waals surface area contributed by atoms with Gasteiger partial charge in [-0.05, 0) is 32.3 Å². The number of carbonyl (C=O) groups excluding carboxylic acids is 3. The van der Waals surface area contributed by atoms with Crippen LogP contribution >= 0.6 is 0 Å². The lowest BCUT2D eigenvalue weighted by atomic mass is 9.67. The van der Waals surface area contributed by atoms with Crippen LogP contribution in [0, 0.1) is 17.8 Å². The van der Waals surface area contributed by atoms with Crippen molar-refractivity contribution >= 4 is 17.7 Å². The van der Waals surface area contributed by atoms with E-state index in [2.05, 4.69) is 0 Å². The summed E-state index contributed by atoms with van der Waals surface area (Å²) in [7, 11) is 1.61. The van der Waals surface area contributed by atoms with Gasteiger partial charge in [-0.2, -0.15) is 0 Å². The topological polar surface area (TPSA) is 72.9 Å². The van der Waals surface area contributed by atoms with Crippen LogP contribution in [-0.4, -0.2) is 41.9 Å². The second-order valence-corrected chi connectivity index (χ2v) is 6.44. The molecule has 3 aliphatic rings. The van der Waals surface area contributed by atoms with Crippen molar-refractivity contribution in [2.24, 2.45) is 17.8 Å². The number of rotatable bonds is 3. The summed E-state index contributed by atoms with van der Waals surface area (Å²) in [4.78, 5) is 38.6. The number of ketones is 1. The number of Topliss-reactive ketones (excluding diaryl/α,β-unsaturated/α-hetero) is 1. The maximum Gasteiger partial charge on any atom is 0.375 e. The highest BCUT2D eigenvalue weighted by molar-refractivity contribution is 6.38. The molecule has 23 heavy (non-hydrogen) atoms. The van der Waals surface area contributed by atoms with Gasteiger partial charge in [-0.3, -0.25) is 9.59 Å². The largest absolute Gasteiger partial charge is 0.472 e. The van der Waals surface area contributed by atoms with E-state index in [1.54, 1.807) is 14.0 Å². The van der Waals surface area contributed by atoms with Crippen LogP contribution in [0.15, 0.2) is 24.0 Å². The summed E-state index contributed by atoms with van der Waals surface area (Å²) in [6, 6.07) is 0. The smallest absolute Gasteiger partial charge is 0.375 e. The van der Waals surface area contributed by atoms with Crippen molar-refractivity contribution in [1.29, 1.82) is 0 Å². The molecule has 6 heteroatoms. The summed E-state index contributed by atoms with van der Waals surface area (Å²) in [5, 5.41) is 0. The number of allylic oxidation sites excluding steroid dienone is 4. The molecule has 0 spiro atoms. The molecule has 0 aromatic rings. The lowest BCUT2D eigenvalue weighted by molar-refractivity contribution is -0.205. The Balaban J connectivity index is 1.98. The van der Waals surface area contributed by atoms with Crippen molar-refractivity contribution in [2.45, 2.75) is 32.4 Å². The van der Waals surface area contributed by atoms with Crippen LogP contribution in [-0.2, 0) is 23.9 Å². The minimum absolute atomic E-state index is 0.0471. The second-order valence-electron chi connectivity index (χ2n) is 6.44. The number of likely N-dealkylation sites (tertiary alicyclic amines) is 1. The molecule has 4 unspecified atom stereocenters. The van der Waals surface area contributed by atoms with Gasteiger partial charge in [0.2, 0.25) is 5.91 Å². The Morgan fingerprint density at radius 2 is 2.22 bits per heavy atom. The first-order chi connectivity index (χ1) is 10.9. The van der Waals surface area contributed by atoms with E-state index in [1.807, 2.05) is 25.2 Å². The Labute approximate surface area is 135 Å². The second kappa shape index (κ2) is 5.51. The highest BCUT2D eigenvalue weighted by Gasteiger charge is 2.58. The van der Waals surface area contributed by atoms with Gasteiger partial charge in [0.15, 0.2) is 5.72 Å². The van der Waals surface area contributed by atoms with E-state index < -0.39 is 23.4 Å². The molecule has 2 bridgehead atoms. The zero-order valence-electron chi connectivity index (χ0n) is 13.6. The molecular weight excluding hydrogens is 298 g/mol. The van der Waals surface area contributed by atoms with Gasteiger partial charge in [-0.1, -0.05) is 12.2 Å². The quantitative estimate of drug-likeness (QED) is 0.447. The van der Waals surface area contributed by atoms with Crippen LogP contribution in [0.5, 0.6) is 0 Å². The van der Waals surface area contributed by atoms with Gasteiger partial charge < -0.3 is 14.4 Å². The molecule has 0 aromatic heterocycles. The summed E-state index contributed by atoms with van der Waals surface area (Å²) in [6.45, 7) is 3.60. The number of hydrogen-bond acceptors (Lipinski definition) is 5. The minimum atomic E-state index is -0.990. The summed E-state index contributed by atoms with van der Waals surface area (Å²) in [5.41, 5.74) is -0.777. The molecule has 3 rings (SSSR count). The van der Waals surface area contributed by atoms with E-state index >= 15 is 0 Å². The number of ether oxygens (including phenoxy) is 2. The first-order valence-electron chi connectivity index (χ1n) is 7.93. The van der Waals surface area contributed by atoms with Gasteiger partial charge in [-0.25, -0.2) is 4.79 Å². The fourth-order valence-corrected chi connectivity index (χ4v) is 3.81. The number of carbonyl (C=O) groups is 3. The van der Waals surface area contributed by atoms with E-state index in [1.165, 1.54) is 4.90 Å². The molecule has 0 radical (unpaired) electrons. The van der Waals surface area contributed by atoms with E-state index in [0.717, 1.165) is 5.76 Å². The van der Waals surface area contributed by atoms with Crippen LogP contribution in [0.25, 0.3) is 0 Å². The van der Waals surface area contributed by atoms with E-state index in [4.69, 9.17) is 9.47 Å². The number of fused-ring (bicyclic) bond motifs is 4. The van der Waals surface area contributed by atoms with E-state index in [9.17, 15) is 14.4 Å². The number of nitrogens with zero attached hydrogens (tertiary/aromatic N) is 1. The normalized spacial score (nSPS) is 35.1. The molecule has 1 aliphatic carbocycles. The molecule has 2 fully saturated rings. The Bertz CT molecular complexity index is 622. The lowest BCUT2D eigenvalue weighted by Crippen LogP contribution is -2.64. The number of piperidine rings is 1. The zero-order chi connectivity index (χ0) is 16.8. The standard InChI is InChI=1S/C17H21NO5/c1-4-22-16(21)14(19)13-11-9-17(2,18(3)15(13)20)23-12-8-6-5-7-10(11)12/h5-6,8,10-11,13H,4,7,9H2,1-3H3. The molecule has 1 amide bonds. The van der Waals surface area contributed by atoms with Crippen molar-refractivity contribution in [3.05, 3.63) is 24.0 Å². The molecule has 2 heterocycles. The maximum absolute atomic E-state index is 12.7. The highest BCUT2D eigenvalue weighted by atomic mass is 16.5. The molecular formula is C17H21NO5. The molecule has 2 aliphatic heterocycles. The average molecular weight is 319 g/mol. The van der Waals surface area contributed by atoms with Gasteiger partial charge in [0.1, 0.15) is 11.7 Å². The van der Waals surface area contributed by atoms with Gasteiger partial charge in [0, 0.05) is 19.4 Å². The molecule has 6 nitrogen and oxygen atoms in total. The van der Waals surface area contributed by atoms with Crippen molar-refractivity contribution in [3.8, 4) is 0 Å². The monoisotopic (exact) mass is 319 g/mol. The summed E-state index contributed by atoms with van der Waals surface area (Å²) >= 11 is 0. The molecule has 0 N–H and O–H groups in total. The molecule has 0 saturated carbocycles. The maximum atomic E-state index is 12.7. The third kappa shape index (κ3) is 2.36. The van der Waals surface area contributed by atoms with Crippen molar-refractivity contribution in [3.63, 3.8) is 0 Å². The predicted octanol–water partition coefficient (Wildman–Crippen LogP) is 1.42. The van der Waals surface area contributed by atoms with Crippen LogP contribution < -0.4 is 0 Å². The first-order valence-corrected chi connectivity index (χ1v) is 7.93. The van der Waals surface area contributed by atoms with Crippen LogP contribution in [0.2, 0.25) is 0 Å². The summed E-state index contributed by atoms with van der Waals surface area (Å²) in [6.07, 6.45) is 7.03. The van der Waals surface area contributed by atoms with E-state index in [-0.39, 0.29) is 24.3 Å². The van der Waals surface area contributed by atoms with Gasteiger partial charge in [0.25, 0.3) is 5.78 Å². The SMILES string of the molecule is CCOC(=O)C(=O)C1C(=O)N(C)C2(C)CC1C1CC=CC=C1O2.